The number of hydrogen-bond donors (Lipinski definition) is 2. The SMILES string of the molecule is CC(C)CN(c1ccc(N)cc1C(N)=O)C1CC1. The molecule has 1 aliphatic rings. The Morgan fingerprint density at radius 1 is 1.44 bits per heavy atom. The molecule has 0 bridgehead atoms. The van der Waals surface area contributed by atoms with E-state index in [9.17, 15) is 4.79 Å². The van der Waals surface area contributed by atoms with Crippen molar-refractivity contribution >= 4 is 17.3 Å². The Morgan fingerprint density at radius 2 is 2.11 bits per heavy atom. The highest BCUT2D eigenvalue weighted by Gasteiger charge is 2.31. The van der Waals surface area contributed by atoms with Gasteiger partial charge in [-0.25, -0.2) is 0 Å². The van der Waals surface area contributed by atoms with Gasteiger partial charge in [0, 0.05) is 24.0 Å². The third-order valence-electron chi connectivity index (χ3n) is 3.14. The second kappa shape index (κ2) is 4.88. The highest BCUT2D eigenvalue weighted by Crippen LogP contribution is 2.34. The lowest BCUT2D eigenvalue weighted by Gasteiger charge is -2.28. The molecular weight excluding hydrogens is 226 g/mol. The zero-order valence-corrected chi connectivity index (χ0v) is 11.0. The van der Waals surface area contributed by atoms with Gasteiger partial charge in [0.1, 0.15) is 0 Å². The molecule has 0 saturated heterocycles. The standard InChI is InChI=1S/C14H21N3O/c1-9(2)8-17(11-4-5-11)13-6-3-10(15)7-12(13)14(16)18/h3,6-7,9,11H,4-5,8,15H2,1-2H3,(H2,16,18). The zero-order chi connectivity index (χ0) is 13.3. The topological polar surface area (TPSA) is 72.3 Å². The fourth-order valence-corrected chi connectivity index (χ4v) is 2.23. The van der Waals surface area contributed by atoms with Crippen LogP contribution < -0.4 is 16.4 Å². The van der Waals surface area contributed by atoms with E-state index in [0.717, 1.165) is 12.2 Å². The van der Waals surface area contributed by atoms with Crippen molar-refractivity contribution in [3.63, 3.8) is 0 Å². The number of anilines is 2. The highest BCUT2D eigenvalue weighted by atomic mass is 16.1. The quantitative estimate of drug-likeness (QED) is 0.782. The lowest BCUT2D eigenvalue weighted by atomic mass is 10.1. The van der Waals surface area contributed by atoms with E-state index >= 15 is 0 Å². The highest BCUT2D eigenvalue weighted by molar-refractivity contribution is 5.99. The molecule has 1 aromatic carbocycles. The van der Waals surface area contributed by atoms with Crippen LogP contribution in [-0.2, 0) is 0 Å². The molecule has 1 saturated carbocycles. The van der Waals surface area contributed by atoms with E-state index in [1.807, 2.05) is 12.1 Å². The van der Waals surface area contributed by atoms with Gasteiger partial charge in [0.25, 0.3) is 5.91 Å². The van der Waals surface area contributed by atoms with E-state index in [2.05, 4.69) is 18.7 Å². The number of nitrogen functional groups attached to an aromatic ring is 1. The molecule has 1 aromatic rings. The van der Waals surface area contributed by atoms with Gasteiger partial charge in [-0.15, -0.1) is 0 Å². The number of hydrogen-bond acceptors (Lipinski definition) is 3. The minimum atomic E-state index is -0.410. The molecule has 0 radical (unpaired) electrons. The van der Waals surface area contributed by atoms with Crippen molar-refractivity contribution in [3.05, 3.63) is 23.8 Å². The van der Waals surface area contributed by atoms with Gasteiger partial charge >= 0.3 is 0 Å². The molecule has 2 rings (SSSR count). The number of nitrogens with zero attached hydrogens (tertiary/aromatic N) is 1. The average molecular weight is 247 g/mol. The summed E-state index contributed by atoms with van der Waals surface area (Å²) in [4.78, 5) is 13.8. The van der Waals surface area contributed by atoms with Crippen molar-refractivity contribution in [1.29, 1.82) is 0 Å². The predicted octanol–water partition coefficient (Wildman–Crippen LogP) is 1.99. The summed E-state index contributed by atoms with van der Waals surface area (Å²) in [6.07, 6.45) is 2.38. The van der Waals surface area contributed by atoms with Crippen LogP contribution in [0.2, 0.25) is 0 Å². The zero-order valence-electron chi connectivity index (χ0n) is 11.0. The summed E-state index contributed by atoms with van der Waals surface area (Å²) in [5.41, 5.74) is 13.2. The molecule has 1 amide bonds. The Hall–Kier alpha value is -1.71. The smallest absolute Gasteiger partial charge is 0.250 e. The Bertz CT molecular complexity index is 452. The van der Waals surface area contributed by atoms with E-state index in [-0.39, 0.29) is 0 Å². The van der Waals surface area contributed by atoms with Gasteiger partial charge in [-0.1, -0.05) is 13.8 Å². The van der Waals surface area contributed by atoms with E-state index in [0.29, 0.717) is 23.2 Å². The first-order valence-electron chi connectivity index (χ1n) is 6.45. The Labute approximate surface area is 108 Å². The molecular formula is C14H21N3O. The predicted molar refractivity (Wildman–Crippen MR) is 74.6 cm³/mol. The van der Waals surface area contributed by atoms with Crippen LogP contribution in [0.15, 0.2) is 18.2 Å². The summed E-state index contributed by atoms with van der Waals surface area (Å²) in [5, 5.41) is 0. The van der Waals surface area contributed by atoms with E-state index in [4.69, 9.17) is 11.5 Å². The van der Waals surface area contributed by atoms with Gasteiger partial charge in [0.05, 0.1) is 5.56 Å². The summed E-state index contributed by atoms with van der Waals surface area (Å²) in [7, 11) is 0. The van der Waals surface area contributed by atoms with Crippen molar-refractivity contribution in [1.82, 2.24) is 0 Å². The van der Waals surface area contributed by atoms with Gasteiger partial charge in [0.15, 0.2) is 0 Å². The lowest BCUT2D eigenvalue weighted by Crippen LogP contribution is -2.32. The maximum Gasteiger partial charge on any atom is 0.250 e. The lowest BCUT2D eigenvalue weighted by molar-refractivity contribution is 0.100. The fraction of sp³-hybridized carbons (Fsp3) is 0.500. The maximum atomic E-state index is 11.5. The van der Waals surface area contributed by atoms with Gasteiger partial charge in [0.2, 0.25) is 0 Å². The first-order valence-corrected chi connectivity index (χ1v) is 6.45. The molecule has 0 heterocycles. The van der Waals surface area contributed by atoms with Crippen molar-refractivity contribution in [3.8, 4) is 0 Å². The molecule has 0 atom stereocenters. The van der Waals surface area contributed by atoms with Crippen LogP contribution in [0.3, 0.4) is 0 Å². The van der Waals surface area contributed by atoms with Crippen molar-refractivity contribution in [2.75, 3.05) is 17.2 Å². The second-order valence-corrected chi connectivity index (χ2v) is 5.42. The summed E-state index contributed by atoms with van der Waals surface area (Å²) in [6, 6.07) is 5.97. The Balaban J connectivity index is 2.37. The van der Waals surface area contributed by atoms with Crippen LogP contribution in [0.4, 0.5) is 11.4 Å². The number of rotatable bonds is 5. The number of carbonyl (C=O) groups excluding carboxylic acids is 1. The number of nitrogens with two attached hydrogens (primary N) is 2. The number of primary amides is 1. The van der Waals surface area contributed by atoms with Gasteiger partial charge in [-0.05, 0) is 37.0 Å². The van der Waals surface area contributed by atoms with Gasteiger partial charge in [-0.3, -0.25) is 4.79 Å². The summed E-state index contributed by atoms with van der Waals surface area (Å²) in [5.74, 6) is 0.135. The van der Waals surface area contributed by atoms with Crippen LogP contribution in [0, 0.1) is 5.92 Å². The first-order chi connectivity index (χ1) is 8.49. The molecule has 18 heavy (non-hydrogen) atoms. The summed E-state index contributed by atoms with van der Waals surface area (Å²) in [6.45, 7) is 5.29. The summed E-state index contributed by atoms with van der Waals surface area (Å²) < 4.78 is 0. The molecule has 0 aromatic heterocycles. The normalized spacial score (nSPS) is 14.8. The monoisotopic (exact) mass is 247 g/mol. The molecule has 98 valence electrons. The third-order valence-corrected chi connectivity index (χ3v) is 3.14. The molecule has 0 aliphatic heterocycles. The van der Waals surface area contributed by atoms with Crippen LogP contribution in [0.5, 0.6) is 0 Å². The van der Waals surface area contributed by atoms with Crippen molar-refractivity contribution in [2.45, 2.75) is 32.7 Å². The molecule has 1 aliphatic carbocycles. The molecule has 4 N–H and O–H groups in total. The van der Waals surface area contributed by atoms with E-state index in [1.54, 1.807) is 6.07 Å². The van der Waals surface area contributed by atoms with Crippen LogP contribution in [0.25, 0.3) is 0 Å². The molecule has 1 fully saturated rings. The van der Waals surface area contributed by atoms with E-state index < -0.39 is 5.91 Å². The molecule has 0 spiro atoms. The van der Waals surface area contributed by atoms with E-state index in [1.165, 1.54) is 12.8 Å². The van der Waals surface area contributed by atoms with Crippen LogP contribution in [0.1, 0.15) is 37.0 Å². The minimum absolute atomic E-state index is 0.410. The Kier molecular flexibility index (Phi) is 3.45. The molecule has 4 nitrogen and oxygen atoms in total. The third kappa shape index (κ3) is 2.75. The molecule has 4 heteroatoms. The number of benzene rings is 1. The first kappa shape index (κ1) is 12.7. The van der Waals surface area contributed by atoms with Crippen LogP contribution >= 0.6 is 0 Å². The Morgan fingerprint density at radius 3 is 2.61 bits per heavy atom. The second-order valence-electron chi connectivity index (χ2n) is 5.42. The largest absolute Gasteiger partial charge is 0.399 e. The fourth-order valence-electron chi connectivity index (χ4n) is 2.23. The van der Waals surface area contributed by atoms with Crippen molar-refractivity contribution < 1.29 is 4.79 Å². The molecule has 0 unspecified atom stereocenters. The maximum absolute atomic E-state index is 11.5. The number of amides is 1. The van der Waals surface area contributed by atoms with Gasteiger partial charge < -0.3 is 16.4 Å². The average Bonchev–Trinajstić information content (AvgIpc) is 3.09. The van der Waals surface area contributed by atoms with Crippen molar-refractivity contribution in [2.24, 2.45) is 11.7 Å². The van der Waals surface area contributed by atoms with Gasteiger partial charge in [-0.2, -0.15) is 0 Å². The van der Waals surface area contributed by atoms with Crippen LogP contribution in [-0.4, -0.2) is 18.5 Å². The summed E-state index contributed by atoms with van der Waals surface area (Å²) >= 11 is 0. The number of carbonyl (C=O) groups is 1. The minimum Gasteiger partial charge on any atom is -0.399 e.